The molecular weight excluding hydrogens is 408 g/mol. The molecule has 6 nitrogen and oxygen atoms in total. The lowest BCUT2D eigenvalue weighted by Gasteiger charge is -2.06. The molecule has 0 saturated heterocycles. The Labute approximate surface area is 188 Å². The van der Waals surface area contributed by atoms with Crippen LogP contribution >= 0.6 is 12.4 Å². The quantitative estimate of drug-likeness (QED) is 0.547. The van der Waals surface area contributed by atoms with Crippen LogP contribution in [-0.2, 0) is 0 Å². The monoisotopic (exact) mass is 430 g/mol. The van der Waals surface area contributed by atoms with Crippen LogP contribution in [0, 0.1) is 22.7 Å². The molecule has 0 saturated carbocycles. The lowest BCUT2D eigenvalue weighted by molar-refractivity contribution is 0.745. The van der Waals surface area contributed by atoms with E-state index in [1.54, 1.807) is 24.3 Å². The molecule has 0 fully saturated rings. The van der Waals surface area contributed by atoms with Gasteiger partial charge < -0.3 is 5.32 Å². The summed E-state index contributed by atoms with van der Waals surface area (Å²) in [5.41, 5.74) is 6.91. The zero-order valence-electron chi connectivity index (χ0n) is 17.0. The second-order valence-electron chi connectivity index (χ2n) is 6.65. The Hall–Kier alpha value is -3.87. The third-order valence-corrected chi connectivity index (χ3v) is 4.41. The molecular formula is C24H23ClN6. The highest BCUT2D eigenvalue weighted by atomic mass is 35.5. The molecule has 2 aromatic rings. The fourth-order valence-electron chi connectivity index (χ4n) is 2.71. The number of nitrogens with one attached hydrogen (secondary N) is 2. The first-order valence-corrected chi connectivity index (χ1v) is 9.75. The Morgan fingerprint density at radius 1 is 0.903 bits per heavy atom. The molecule has 0 amide bonds. The summed E-state index contributed by atoms with van der Waals surface area (Å²) in [4.78, 5) is 4.45. The molecule has 1 aliphatic heterocycles. The summed E-state index contributed by atoms with van der Waals surface area (Å²) < 4.78 is 0. The van der Waals surface area contributed by atoms with E-state index >= 15 is 0 Å². The van der Waals surface area contributed by atoms with E-state index in [-0.39, 0.29) is 12.4 Å². The Morgan fingerprint density at radius 3 is 1.97 bits per heavy atom. The summed E-state index contributed by atoms with van der Waals surface area (Å²) >= 11 is 0. The van der Waals surface area contributed by atoms with E-state index in [0.717, 1.165) is 37.1 Å². The van der Waals surface area contributed by atoms with E-state index in [1.165, 1.54) is 0 Å². The Kier molecular flexibility index (Phi) is 9.55. The maximum absolute atomic E-state index is 8.93. The standard InChI is InChI=1S/C24H22N6.ClH/c25-17-21-7-3-19(4-8-21)11-13-23(29-30-24-27-15-1-2-16-28-24)14-12-20-5-9-22(18-26)10-6-20;/h3-14H,1-2,15-16H2,(H2,27,28,30);1H/b13-11+,14-12+;. The summed E-state index contributed by atoms with van der Waals surface area (Å²) in [6, 6.07) is 18.9. The number of benzene rings is 2. The average Bonchev–Trinajstić information content (AvgIpc) is 3.08. The van der Waals surface area contributed by atoms with E-state index < -0.39 is 0 Å². The van der Waals surface area contributed by atoms with Gasteiger partial charge in [-0.25, -0.2) is 5.43 Å². The third kappa shape index (κ3) is 7.81. The Balaban J connectivity index is 0.00000341. The van der Waals surface area contributed by atoms with Crippen LogP contribution in [0.4, 0.5) is 0 Å². The fourth-order valence-corrected chi connectivity index (χ4v) is 2.71. The van der Waals surface area contributed by atoms with Gasteiger partial charge in [0.15, 0.2) is 0 Å². The summed E-state index contributed by atoms with van der Waals surface area (Å²) in [6.07, 6.45) is 9.81. The van der Waals surface area contributed by atoms with Gasteiger partial charge in [-0.15, -0.1) is 12.4 Å². The van der Waals surface area contributed by atoms with Gasteiger partial charge in [-0.2, -0.15) is 15.6 Å². The van der Waals surface area contributed by atoms with E-state index in [1.807, 2.05) is 48.6 Å². The first-order chi connectivity index (χ1) is 14.8. The number of nitriles is 2. The molecule has 0 atom stereocenters. The summed E-state index contributed by atoms with van der Waals surface area (Å²) in [5, 5.41) is 25.6. The molecule has 1 heterocycles. The van der Waals surface area contributed by atoms with E-state index in [4.69, 9.17) is 10.5 Å². The van der Waals surface area contributed by atoms with Crippen molar-refractivity contribution in [2.75, 3.05) is 13.1 Å². The van der Waals surface area contributed by atoms with Crippen LogP contribution in [0.15, 0.2) is 70.8 Å². The minimum atomic E-state index is 0. The predicted molar refractivity (Wildman–Crippen MR) is 128 cm³/mol. The van der Waals surface area contributed by atoms with E-state index in [9.17, 15) is 0 Å². The predicted octanol–water partition coefficient (Wildman–Crippen LogP) is 4.26. The molecule has 0 radical (unpaired) electrons. The number of guanidine groups is 1. The van der Waals surface area contributed by atoms with Gasteiger partial charge in [0, 0.05) is 13.1 Å². The number of rotatable bonds is 5. The van der Waals surface area contributed by atoms with Crippen molar-refractivity contribution in [3.8, 4) is 12.1 Å². The maximum atomic E-state index is 8.93. The van der Waals surface area contributed by atoms with Crippen LogP contribution in [0.1, 0.15) is 35.1 Å². The minimum Gasteiger partial charge on any atom is -0.355 e. The number of hydrazone groups is 1. The number of nitrogens with zero attached hydrogens (tertiary/aromatic N) is 4. The van der Waals surface area contributed by atoms with Crippen LogP contribution in [0.3, 0.4) is 0 Å². The molecule has 0 spiro atoms. The number of hydrogen-bond donors (Lipinski definition) is 2. The fraction of sp³-hybridized carbons (Fsp3) is 0.167. The van der Waals surface area contributed by atoms with Crippen molar-refractivity contribution in [3.63, 3.8) is 0 Å². The summed E-state index contributed by atoms with van der Waals surface area (Å²) in [7, 11) is 0. The van der Waals surface area contributed by atoms with Crippen molar-refractivity contribution < 1.29 is 0 Å². The molecule has 156 valence electrons. The molecule has 0 aromatic heterocycles. The van der Waals surface area contributed by atoms with Crippen molar-refractivity contribution in [3.05, 3.63) is 82.9 Å². The van der Waals surface area contributed by atoms with Crippen LogP contribution in [-0.4, -0.2) is 24.8 Å². The molecule has 1 aliphatic rings. The first kappa shape index (κ1) is 23.4. The third-order valence-electron chi connectivity index (χ3n) is 4.41. The highest BCUT2D eigenvalue weighted by molar-refractivity contribution is 6.09. The van der Waals surface area contributed by atoms with Crippen molar-refractivity contribution in [1.82, 2.24) is 10.7 Å². The van der Waals surface area contributed by atoms with E-state index in [2.05, 4.69) is 33.0 Å². The molecule has 31 heavy (non-hydrogen) atoms. The molecule has 2 aromatic carbocycles. The van der Waals surface area contributed by atoms with Gasteiger partial charge in [-0.05, 0) is 60.4 Å². The second-order valence-corrected chi connectivity index (χ2v) is 6.65. The average molecular weight is 431 g/mol. The summed E-state index contributed by atoms with van der Waals surface area (Å²) in [6.45, 7) is 1.65. The minimum absolute atomic E-state index is 0. The Morgan fingerprint density at radius 2 is 1.45 bits per heavy atom. The number of allylic oxidation sites excluding steroid dienone is 2. The smallest absolute Gasteiger partial charge is 0.212 e. The van der Waals surface area contributed by atoms with E-state index in [0.29, 0.717) is 22.8 Å². The normalized spacial score (nSPS) is 13.2. The van der Waals surface area contributed by atoms with Gasteiger partial charge in [0.05, 0.1) is 29.0 Å². The number of halogens is 1. The van der Waals surface area contributed by atoms with Gasteiger partial charge >= 0.3 is 0 Å². The molecule has 0 aliphatic carbocycles. The number of aliphatic imine (C=N–C) groups is 1. The van der Waals surface area contributed by atoms with Crippen LogP contribution in [0.25, 0.3) is 12.2 Å². The SMILES string of the molecule is Cl.N#Cc1ccc(/C=C/C(/C=C/c2ccc(C#N)cc2)=NNC2=NCCCCN2)cc1. The van der Waals surface area contributed by atoms with Crippen molar-refractivity contribution in [2.24, 2.45) is 10.1 Å². The maximum Gasteiger partial charge on any atom is 0.212 e. The topological polar surface area (TPSA) is 96.4 Å². The van der Waals surface area contributed by atoms with Gasteiger partial charge in [0.2, 0.25) is 5.96 Å². The summed E-state index contributed by atoms with van der Waals surface area (Å²) in [5.74, 6) is 0.670. The molecule has 7 heteroatoms. The van der Waals surface area contributed by atoms with Gasteiger partial charge in [0.25, 0.3) is 0 Å². The van der Waals surface area contributed by atoms with Crippen molar-refractivity contribution in [1.29, 1.82) is 10.5 Å². The zero-order chi connectivity index (χ0) is 21.0. The van der Waals surface area contributed by atoms with Crippen LogP contribution in [0.2, 0.25) is 0 Å². The first-order valence-electron chi connectivity index (χ1n) is 9.75. The molecule has 3 rings (SSSR count). The highest BCUT2D eigenvalue weighted by Gasteiger charge is 2.01. The second kappa shape index (κ2) is 12.6. The molecule has 0 unspecified atom stereocenters. The van der Waals surface area contributed by atoms with Crippen molar-refractivity contribution >= 4 is 36.2 Å². The Bertz CT molecular complexity index is 982. The number of hydrogen-bond acceptors (Lipinski definition) is 6. The lowest BCUT2D eigenvalue weighted by Crippen LogP contribution is -2.34. The lowest BCUT2D eigenvalue weighted by atomic mass is 10.1. The van der Waals surface area contributed by atoms with Gasteiger partial charge in [-0.1, -0.05) is 36.4 Å². The van der Waals surface area contributed by atoms with Gasteiger partial charge in [-0.3, -0.25) is 4.99 Å². The zero-order valence-corrected chi connectivity index (χ0v) is 17.8. The highest BCUT2D eigenvalue weighted by Crippen LogP contribution is 2.08. The van der Waals surface area contributed by atoms with Crippen LogP contribution in [0.5, 0.6) is 0 Å². The largest absolute Gasteiger partial charge is 0.355 e. The molecule has 0 bridgehead atoms. The van der Waals surface area contributed by atoms with Gasteiger partial charge in [0.1, 0.15) is 0 Å². The molecule has 2 N–H and O–H groups in total. The van der Waals surface area contributed by atoms with Crippen molar-refractivity contribution in [2.45, 2.75) is 12.8 Å². The van der Waals surface area contributed by atoms with Crippen LogP contribution < -0.4 is 10.7 Å².